The van der Waals surface area contributed by atoms with Crippen molar-refractivity contribution in [2.24, 2.45) is 5.73 Å². The van der Waals surface area contributed by atoms with Crippen LogP contribution in [0.5, 0.6) is 0 Å². The number of alkyl halides is 3. The van der Waals surface area contributed by atoms with Gasteiger partial charge in [0, 0.05) is 13.1 Å². The van der Waals surface area contributed by atoms with E-state index in [2.05, 4.69) is 0 Å². The summed E-state index contributed by atoms with van der Waals surface area (Å²) in [7, 11) is 0. The van der Waals surface area contributed by atoms with Gasteiger partial charge >= 0.3 is 12.1 Å². The first kappa shape index (κ1) is 19.0. The fourth-order valence-corrected chi connectivity index (χ4v) is 2.03. The number of carbonyl (C=O) groups is 2. The molecular weight excluding hydrogens is 297 g/mol. The Morgan fingerprint density at radius 2 is 1.80 bits per heavy atom. The van der Waals surface area contributed by atoms with Crippen molar-refractivity contribution in [3.8, 4) is 0 Å². The summed E-state index contributed by atoms with van der Waals surface area (Å²) < 4.78 is 31.7. The predicted molar refractivity (Wildman–Crippen MR) is 70.5 cm³/mol. The maximum Gasteiger partial charge on any atom is 0.490 e. The Morgan fingerprint density at radius 3 is 2.15 bits per heavy atom. The van der Waals surface area contributed by atoms with Crippen molar-refractivity contribution < 1.29 is 27.9 Å². The van der Waals surface area contributed by atoms with Gasteiger partial charge in [0.1, 0.15) is 0 Å². The first-order valence-corrected chi connectivity index (χ1v) is 7.43. The molecule has 1 aliphatic rings. The maximum absolute atomic E-state index is 11.6. The Morgan fingerprint density at radius 1 is 1.35 bits per heavy atom. The van der Waals surface area contributed by atoms with Crippen LogP contribution in [0.1, 0.15) is 19.3 Å². The fraction of sp³-hybridized carbons (Fsp3) is 0.818. The molecule has 0 saturated carbocycles. The summed E-state index contributed by atoms with van der Waals surface area (Å²) in [6.07, 6.45) is 0.0333. The quantitative estimate of drug-likeness (QED) is 0.817. The zero-order chi connectivity index (χ0) is 15.8. The SMILES string of the molecule is CSCC[C@H](N)C(=O)N1CCCC1.O=C(O)C(F)(F)F. The molecule has 118 valence electrons. The van der Waals surface area contributed by atoms with Crippen LogP contribution in [-0.4, -0.2) is 59.2 Å². The highest BCUT2D eigenvalue weighted by molar-refractivity contribution is 7.98. The summed E-state index contributed by atoms with van der Waals surface area (Å²) in [5.41, 5.74) is 5.78. The van der Waals surface area contributed by atoms with Gasteiger partial charge in [-0.2, -0.15) is 24.9 Å². The number of hydrogen-bond acceptors (Lipinski definition) is 4. The Balaban J connectivity index is 0.000000441. The van der Waals surface area contributed by atoms with Crippen molar-refractivity contribution in [2.45, 2.75) is 31.5 Å². The topological polar surface area (TPSA) is 83.6 Å². The summed E-state index contributed by atoms with van der Waals surface area (Å²) in [6, 6.07) is -0.273. The van der Waals surface area contributed by atoms with E-state index in [0.717, 1.165) is 38.1 Å². The standard InChI is InChI=1S/C9H18N2OS.C2HF3O2/c1-13-7-4-8(10)9(12)11-5-2-3-6-11;3-2(4,5)1(6)7/h8H,2-7,10H2,1H3;(H,6,7)/t8-;/m0./s1. The molecule has 0 aromatic heterocycles. The number of aliphatic carboxylic acids is 1. The van der Waals surface area contributed by atoms with E-state index < -0.39 is 12.1 Å². The maximum atomic E-state index is 11.6. The Bertz CT molecular complexity index is 321. The zero-order valence-electron chi connectivity index (χ0n) is 11.2. The van der Waals surface area contributed by atoms with Crippen LogP contribution in [0.4, 0.5) is 13.2 Å². The molecule has 0 aliphatic carbocycles. The van der Waals surface area contributed by atoms with Gasteiger partial charge < -0.3 is 15.7 Å². The van der Waals surface area contributed by atoms with Crippen LogP contribution < -0.4 is 5.73 Å². The highest BCUT2D eigenvalue weighted by Crippen LogP contribution is 2.13. The first-order valence-electron chi connectivity index (χ1n) is 6.03. The molecule has 0 aromatic rings. The van der Waals surface area contributed by atoms with E-state index in [0.29, 0.717) is 0 Å². The smallest absolute Gasteiger partial charge is 0.475 e. The number of carbonyl (C=O) groups excluding carboxylic acids is 1. The van der Waals surface area contributed by atoms with E-state index in [-0.39, 0.29) is 11.9 Å². The van der Waals surface area contributed by atoms with Gasteiger partial charge in [-0.3, -0.25) is 4.79 Å². The molecular formula is C11H19F3N2O3S. The van der Waals surface area contributed by atoms with Crippen molar-refractivity contribution in [3.63, 3.8) is 0 Å². The van der Waals surface area contributed by atoms with Crippen LogP contribution in [0.2, 0.25) is 0 Å². The number of rotatable bonds is 4. The number of halogens is 3. The van der Waals surface area contributed by atoms with Crippen LogP contribution >= 0.6 is 11.8 Å². The highest BCUT2D eigenvalue weighted by atomic mass is 32.2. The van der Waals surface area contributed by atoms with E-state index in [9.17, 15) is 18.0 Å². The average Bonchev–Trinajstić information content (AvgIpc) is 2.88. The van der Waals surface area contributed by atoms with Crippen molar-refractivity contribution >= 4 is 23.6 Å². The Kier molecular flexibility index (Phi) is 8.63. The van der Waals surface area contributed by atoms with Crippen molar-refractivity contribution in [2.75, 3.05) is 25.1 Å². The van der Waals surface area contributed by atoms with Gasteiger partial charge in [0.05, 0.1) is 6.04 Å². The third-order valence-corrected chi connectivity index (χ3v) is 3.25. The van der Waals surface area contributed by atoms with E-state index in [1.54, 1.807) is 11.8 Å². The minimum absolute atomic E-state index is 0.145. The largest absolute Gasteiger partial charge is 0.490 e. The van der Waals surface area contributed by atoms with Gasteiger partial charge in [-0.05, 0) is 31.3 Å². The van der Waals surface area contributed by atoms with E-state index in [1.165, 1.54) is 0 Å². The molecule has 5 nitrogen and oxygen atoms in total. The van der Waals surface area contributed by atoms with E-state index in [4.69, 9.17) is 15.6 Å². The van der Waals surface area contributed by atoms with Crippen LogP contribution in [0.25, 0.3) is 0 Å². The molecule has 1 heterocycles. The molecule has 0 unspecified atom stereocenters. The molecule has 1 saturated heterocycles. The van der Waals surface area contributed by atoms with Crippen LogP contribution in [0.3, 0.4) is 0 Å². The molecule has 1 amide bonds. The normalized spacial score (nSPS) is 16.4. The molecule has 1 rings (SSSR count). The number of likely N-dealkylation sites (tertiary alicyclic amines) is 1. The number of nitrogens with two attached hydrogens (primary N) is 1. The second-order valence-electron chi connectivity index (χ2n) is 4.22. The average molecular weight is 316 g/mol. The molecule has 20 heavy (non-hydrogen) atoms. The van der Waals surface area contributed by atoms with Gasteiger partial charge in [-0.1, -0.05) is 0 Å². The minimum atomic E-state index is -5.08. The third kappa shape index (κ3) is 7.59. The number of hydrogen-bond donors (Lipinski definition) is 2. The lowest BCUT2D eigenvalue weighted by atomic mass is 10.2. The fourth-order valence-electron chi connectivity index (χ4n) is 1.54. The summed E-state index contributed by atoms with van der Waals surface area (Å²) in [5.74, 6) is -1.64. The Hall–Kier alpha value is -0.960. The number of amides is 1. The van der Waals surface area contributed by atoms with Crippen molar-refractivity contribution in [1.82, 2.24) is 4.90 Å². The summed E-state index contributed by atoms with van der Waals surface area (Å²) >= 11 is 1.74. The van der Waals surface area contributed by atoms with Crippen LogP contribution in [0, 0.1) is 0 Å². The molecule has 9 heteroatoms. The lowest BCUT2D eigenvalue weighted by Gasteiger charge is -2.19. The number of nitrogens with zero attached hydrogens (tertiary/aromatic N) is 1. The monoisotopic (exact) mass is 316 g/mol. The van der Waals surface area contributed by atoms with Gasteiger partial charge in [-0.15, -0.1) is 0 Å². The summed E-state index contributed by atoms with van der Waals surface area (Å²) in [5, 5.41) is 7.12. The third-order valence-electron chi connectivity index (χ3n) is 2.61. The molecule has 0 spiro atoms. The van der Waals surface area contributed by atoms with Gasteiger partial charge in [0.25, 0.3) is 0 Å². The lowest BCUT2D eigenvalue weighted by molar-refractivity contribution is -0.192. The van der Waals surface area contributed by atoms with Gasteiger partial charge in [-0.25, -0.2) is 4.79 Å². The van der Waals surface area contributed by atoms with E-state index >= 15 is 0 Å². The predicted octanol–water partition coefficient (Wildman–Crippen LogP) is 1.32. The van der Waals surface area contributed by atoms with Gasteiger partial charge in [0.15, 0.2) is 0 Å². The molecule has 1 fully saturated rings. The first-order chi connectivity index (χ1) is 9.20. The number of carboxylic acids is 1. The molecule has 0 bridgehead atoms. The highest BCUT2D eigenvalue weighted by Gasteiger charge is 2.38. The summed E-state index contributed by atoms with van der Waals surface area (Å²) in [6.45, 7) is 1.82. The van der Waals surface area contributed by atoms with Crippen molar-refractivity contribution in [1.29, 1.82) is 0 Å². The molecule has 1 atom stereocenters. The molecule has 0 aromatic carbocycles. The van der Waals surface area contributed by atoms with Crippen LogP contribution in [-0.2, 0) is 9.59 Å². The Labute approximate surface area is 119 Å². The summed E-state index contributed by atoms with van der Waals surface area (Å²) in [4.78, 5) is 22.4. The minimum Gasteiger partial charge on any atom is -0.475 e. The lowest BCUT2D eigenvalue weighted by Crippen LogP contribution is -2.42. The van der Waals surface area contributed by atoms with Crippen molar-refractivity contribution in [3.05, 3.63) is 0 Å². The number of carboxylic acid groups (broad SMARTS) is 1. The zero-order valence-corrected chi connectivity index (χ0v) is 12.0. The molecule has 1 aliphatic heterocycles. The molecule has 3 N–H and O–H groups in total. The molecule has 0 radical (unpaired) electrons. The second-order valence-corrected chi connectivity index (χ2v) is 5.21. The van der Waals surface area contributed by atoms with E-state index in [1.807, 2.05) is 11.2 Å². The second kappa shape index (κ2) is 9.06. The number of thioether (sulfide) groups is 1. The van der Waals surface area contributed by atoms with Crippen LogP contribution in [0.15, 0.2) is 0 Å². The van der Waals surface area contributed by atoms with Gasteiger partial charge in [0.2, 0.25) is 5.91 Å².